The first-order chi connectivity index (χ1) is 2.41. The molecule has 1 atom stereocenters. The van der Waals surface area contributed by atoms with Gasteiger partial charge in [0, 0.05) is 0 Å². The molecular formula is C2H8ClOPS. The molecule has 0 amide bonds. The van der Waals surface area contributed by atoms with Gasteiger partial charge in [0.15, 0.2) is 0 Å². The minimum absolute atomic E-state index is 0. The molecule has 0 aliphatic heterocycles. The Hall–Kier alpha value is 1.03. The minimum atomic E-state index is 0. The Balaban J connectivity index is 0. The van der Waals surface area contributed by atoms with E-state index in [9.17, 15) is 0 Å². The van der Waals surface area contributed by atoms with Crippen LogP contribution in [0.2, 0.25) is 0 Å². The highest BCUT2D eigenvalue weighted by Gasteiger charge is 1.68. The predicted molar refractivity (Wildman–Crippen MR) is 36.2 cm³/mol. The normalized spacial score (nSPS) is 7.00. The second-order valence-electron chi connectivity index (χ2n) is 0.470. The lowest BCUT2D eigenvalue weighted by Crippen LogP contribution is -1.68. The largest absolute Gasteiger partial charge is 0.301 e. The molecule has 0 N–H and O–H groups in total. The summed E-state index contributed by atoms with van der Waals surface area (Å²) in [4.78, 5) is 0. The standard InChI is InChI=1S/C2H5ClOS.H3P/c1-2-4-5-3;/h2H2,1H3;1H3. The summed E-state index contributed by atoms with van der Waals surface area (Å²) < 4.78 is 4.52. The first-order valence-electron chi connectivity index (χ1n) is 1.32. The van der Waals surface area contributed by atoms with Crippen molar-refractivity contribution in [3.8, 4) is 0 Å². The Bertz CT molecular complexity index is 21.0. The van der Waals surface area contributed by atoms with E-state index < -0.39 is 0 Å². The van der Waals surface area contributed by atoms with Gasteiger partial charge in [-0.25, -0.2) is 0 Å². The van der Waals surface area contributed by atoms with Gasteiger partial charge >= 0.3 is 0 Å². The molecule has 0 fully saturated rings. The highest BCUT2D eigenvalue weighted by molar-refractivity contribution is 8.17. The Morgan fingerprint density at radius 1 is 1.83 bits per heavy atom. The molecule has 0 saturated carbocycles. The number of rotatable bonds is 2. The third kappa shape index (κ3) is 8.90. The molecule has 40 valence electrons. The first kappa shape index (κ1) is 10.1. The number of halogens is 1. The maximum absolute atomic E-state index is 5.00. The highest BCUT2D eigenvalue weighted by Crippen LogP contribution is 2.04. The summed E-state index contributed by atoms with van der Waals surface area (Å²) in [6.07, 6.45) is 0. The van der Waals surface area contributed by atoms with Crippen LogP contribution in [0, 0.1) is 0 Å². The van der Waals surface area contributed by atoms with Gasteiger partial charge in [-0.15, -0.1) is 0 Å². The van der Waals surface area contributed by atoms with Crippen LogP contribution in [0.15, 0.2) is 0 Å². The molecule has 0 bridgehead atoms. The maximum atomic E-state index is 5.00. The van der Waals surface area contributed by atoms with Crippen molar-refractivity contribution in [2.75, 3.05) is 6.61 Å². The highest BCUT2D eigenvalue weighted by atomic mass is 35.7. The summed E-state index contributed by atoms with van der Waals surface area (Å²) in [5.41, 5.74) is 0. The van der Waals surface area contributed by atoms with Gasteiger partial charge in [-0.05, 0) is 17.6 Å². The zero-order chi connectivity index (χ0) is 4.12. The molecule has 0 spiro atoms. The van der Waals surface area contributed by atoms with E-state index in [0.29, 0.717) is 6.61 Å². The van der Waals surface area contributed by atoms with Crippen molar-refractivity contribution < 1.29 is 4.18 Å². The van der Waals surface area contributed by atoms with Crippen LogP contribution in [0.3, 0.4) is 0 Å². The quantitative estimate of drug-likeness (QED) is 0.435. The van der Waals surface area contributed by atoms with Crippen LogP contribution < -0.4 is 0 Å². The fourth-order valence-corrected chi connectivity index (χ4v) is 0.401. The third-order valence-electron chi connectivity index (χ3n) is 0.162. The molecule has 0 aromatic carbocycles. The molecule has 0 aliphatic carbocycles. The molecule has 0 saturated heterocycles. The summed E-state index contributed by atoms with van der Waals surface area (Å²) in [6.45, 7) is 2.56. The van der Waals surface area contributed by atoms with E-state index in [1.165, 1.54) is 0 Å². The van der Waals surface area contributed by atoms with E-state index >= 15 is 0 Å². The molecule has 0 aromatic rings. The average molecular weight is 147 g/mol. The maximum Gasteiger partial charge on any atom is 0.102 e. The molecule has 6 heavy (non-hydrogen) atoms. The fraction of sp³-hybridized carbons (Fsp3) is 1.00. The van der Waals surface area contributed by atoms with Crippen LogP contribution in [0.4, 0.5) is 0 Å². The smallest absolute Gasteiger partial charge is 0.102 e. The van der Waals surface area contributed by atoms with Crippen LogP contribution in [0.5, 0.6) is 0 Å². The molecular weight excluding hydrogens is 139 g/mol. The summed E-state index contributed by atoms with van der Waals surface area (Å²) in [6, 6.07) is 0. The monoisotopic (exact) mass is 146 g/mol. The molecule has 1 nitrogen and oxygen atoms in total. The molecule has 4 heteroatoms. The van der Waals surface area contributed by atoms with Crippen molar-refractivity contribution in [1.29, 1.82) is 0 Å². The van der Waals surface area contributed by atoms with Crippen molar-refractivity contribution in [3.63, 3.8) is 0 Å². The van der Waals surface area contributed by atoms with Gasteiger partial charge in [0.05, 0.1) is 6.61 Å². The van der Waals surface area contributed by atoms with E-state index in [4.69, 9.17) is 10.7 Å². The average Bonchev–Trinajstić information content (AvgIpc) is 1.41. The van der Waals surface area contributed by atoms with Gasteiger partial charge in [0.1, 0.15) is 11.3 Å². The van der Waals surface area contributed by atoms with Gasteiger partial charge in [-0.1, -0.05) is 0 Å². The van der Waals surface area contributed by atoms with Crippen LogP contribution in [-0.2, 0) is 4.18 Å². The predicted octanol–water partition coefficient (Wildman–Crippen LogP) is 1.88. The van der Waals surface area contributed by atoms with E-state index in [2.05, 4.69) is 4.18 Å². The third-order valence-corrected chi connectivity index (χ3v) is 0.754. The second-order valence-corrected chi connectivity index (χ2v) is 1.21. The zero-order valence-corrected chi connectivity index (χ0v) is 6.60. The number of hydrogen-bond acceptors (Lipinski definition) is 2. The molecule has 0 radical (unpaired) electrons. The molecule has 0 heterocycles. The molecule has 0 rings (SSSR count). The lowest BCUT2D eigenvalue weighted by molar-refractivity contribution is 0.408. The Labute approximate surface area is 50.1 Å². The van der Waals surface area contributed by atoms with Crippen molar-refractivity contribution in [2.45, 2.75) is 6.92 Å². The Morgan fingerprint density at radius 2 is 2.33 bits per heavy atom. The molecule has 0 aliphatic rings. The van der Waals surface area contributed by atoms with Crippen molar-refractivity contribution in [2.24, 2.45) is 0 Å². The lowest BCUT2D eigenvalue weighted by atomic mass is 10.9. The fourth-order valence-electron chi connectivity index (χ4n) is 0.0445. The van der Waals surface area contributed by atoms with Crippen molar-refractivity contribution in [3.05, 3.63) is 0 Å². The van der Waals surface area contributed by atoms with Gasteiger partial charge in [-0.3, -0.25) is 0 Å². The Morgan fingerprint density at radius 3 is 2.33 bits per heavy atom. The van der Waals surface area contributed by atoms with E-state index in [1.54, 1.807) is 0 Å². The van der Waals surface area contributed by atoms with Crippen molar-refractivity contribution in [1.82, 2.24) is 0 Å². The van der Waals surface area contributed by atoms with E-state index in [-0.39, 0.29) is 9.90 Å². The molecule has 1 unspecified atom stereocenters. The van der Waals surface area contributed by atoms with E-state index in [1.807, 2.05) is 6.92 Å². The van der Waals surface area contributed by atoms with Crippen LogP contribution >= 0.6 is 31.8 Å². The van der Waals surface area contributed by atoms with Crippen molar-refractivity contribution >= 4 is 31.8 Å². The molecule has 0 aromatic heterocycles. The summed E-state index contributed by atoms with van der Waals surface area (Å²) >= 11 is 0.874. The van der Waals surface area contributed by atoms with Gasteiger partial charge < -0.3 is 4.18 Å². The summed E-state index contributed by atoms with van der Waals surface area (Å²) in [5.74, 6) is 0. The SMILES string of the molecule is CCOSCl.P. The minimum Gasteiger partial charge on any atom is -0.301 e. The van der Waals surface area contributed by atoms with Crippen LogP contribution in [-0.4, -0.2) is 6.61 Å². The van der Waals surface area contributed by atoms with Crippen LogP contribution in [0.1, 0.15) is 6.92 Å². The zero-order valence-electron chi connectivity index (χ0n) is 3.61. The van der Waals surface area contributed by atoms with Gasteiger partial charge in [-0.2, -0.15) is 9.90 Å². The second kappa shape index (κ2) is 9.39. The summed E-state index contributed by atoms with van der Waals surface area (Å²) in [5, 5.41) is 0. The first-order valence-corrected chi connectivity index (χ1v) is 2.88. The van der Waals surface area contributed by atoms with Gasteiger partial charge in [0.25, 0.3) is 0 Å². The topological polar surface area (TPSA) is 9.23 Å². The van der Waals surface area contributed by atoms with E-state index in [0.717, 1.165) is 11.3 Å². The number of hydrogen-bond donors (Lipinski definition) is 0. The summed E-state index contributed by atoms with van der Waals surface area (Å²) in [7, 11) is 5.00. The Kier molecular flexibility index (Phi) is 15.8. The lowest BCUT2D eigenvalue weighted by Gasteiger charge is -1.81. The van der Waals surface area contributed by atoms with Gasteiger partial charge in [0.2, 0.25) is 0 Å². The van der Waals surface area contributed by atoms with Crippen LogP contribution in [0.25, 0.3) is 0 Å².